The minimum Gasteiger partial charge on any atom is -0.479 e. The van der Waals surface area contributed by atoms with E-state index in [-0.39, 0.29) is 11.7 Å². The van der Waals surface area contributed by atoms with E-state index in [0.717, 1.165) is 36.5 Å². The van der Waals surface area contributed by atoms with Crippen molar-refractivity contribution in [1.82, 2.24) is 34.3 Å². The van der Waals surface area contributed by atoms with Gasteiger partial charge in [0, 0.05) is 18.7 Å². The highest BCUT2D eigenvalue weighted by Crippen LogP contribution is 2.34. The maximum atomic E-state index is 14.1. The van der Waals surface area contributed by atoms with Crippen molar-refractivity contribution in [3.8, 4) is 11.6 Å². The molecule has 0 N–H and O–H groups in total. The van der Waals surface area contributed by atoms with Crippen molar-refractivity contribution in [2.75, 3.05) is 7.11 Å². The van der Waals surface area contributed by atoms with Gasteiger partial charge in [-0.3, -0.25) is 4.57 Å². The Morgan fingerprint density at radius 3 is 2.76 bits per heavy atom. The summed E-state index contributed by atoms with van der Waals surface area (Å²) in [7, 11) is 1.57. The normalized spacial score (nSPS) is 15.7. The molecule has 5 rings (SSSR count). The third-order valence-corrected chi connectivity index (χ3v) is 5.90. The number of halogens is 1. The minimum atomic E-state index is -0.190. The molecule has 1 aliphatic rings. The third-order valence-electron chi connectivity index (χ3n) is 5.90. The molecule has 168 valence electrons. The number of benzene rings is 1. The first kappa shape index (κ1) is 21.0. The fourth-order valence-corrected chi connectivity index (χ4v) is 4.22. The predicted octanol–water partition coefficient (Wildman–Crippen LogP) is 4.11. The molecule has 1 aromatic carbocycles. The van der Waals surface area contributed by atoms with E-state index in [4.69, 9.17) is 9.72 Å². The lowest BCUT2D eigenvalue weighted by atomic mass is 9.88. The Morgan fingerprint density at radius 1 is 1.12 bits per heavy atom. The standard InChI is InChI=1S/C24H24FN7O/c1-15-13-31(14-27-15)20-12-26-21(29-24(20)33-3)9-10-22-28-23-18(7-5-11-32(23)30-22)17-6-4-8-19(25)16(17)2/h4,6,8-10,12-14,18H,5,7,11H2,1-3H3/b10-9+. The monoisotopic (exact) mass is 445 g/mol. The fraction of sp³-hybridized carbons (Fsp3) is 0.292. The average molecular weight is 446 g/mol. The molecule has 0 radical (unpaired) electrons. The Hall–Kier alpha value is -3.88. The number of nitrogens with zero attached hydrogens (tertiary/aromatic N) is 7. The van der Waals surface area contributed by atoms with E-state index in [9.17, 15) is 4.39 Å². The van der Waals surface area contributed by atoms with Crippen molar-refractivity contribution in [1.29, 1.82) is 0 Å². The van der Waals surface area contributed by atoms with E-state index in [1.807, 2.05) is 35.4 Å². The van der Waals surface area contributed by atoms with E-state index in [1.165, 1.54) is 6.07 Å². The first-order valence-electron chi connectivity index (χ1n) is 10.8. The van der Waals surface area contributed by atoms with Crippen LogP contribution in [-0.4, -0.2) is 41.4 Å². The maximum absolute atomic E-state index is 14.1. The average Bonchev–Trinajstić information content (AvgIpc) is 3.45. The van der Waals surface area contributed by atoms with Crippen LogP contribution >= 0.6 is 0 Å². The van der Waals surface area contributed by atoms with Gasteiger partial charge in [0.15, 0.2) is 11.6 Å². The summed E-state index contributed by atoms with van der Waals surface area (Å²) >= 11 is 0. The molecule has 4 heterocycles. The van der Waals surface area contributed by atoms with Crippen LogP contribution in [0.2, 0.25) is 0 Å². The highest BCUT2D eigenvalue weighted by Gasteiger charge is 2.27. The summed E-state index contributed by atoms with van der Waals surface area (Å²) in [5.41, 5.74) is 3.24. The smallest absolute Gasteiger partial charge is 0.241 e. The molecule has 9 heteroatoms. The topological polar surface area (TPSA) is 83.5 Å². The van der Waals surface area contributed by atoms with Crippen molar-refractivity contribution in [3.05, 3.63) is 77.0 Å². The van der Waals surface area contributed by atoms with E-state index in [1.54, 1.807) is 37.9 Å². The second-order valence-electron chi connectivity index (χ2n) is 8.08. The van der Waals surface area contributed by atoms with Crippen molar-refractivity contribution >= 4 is 12.2 Å². The van der Waals surface area contributed by atoms with E-state index in [2.05, 4.69) is 20.1 Å². The fourth-order valence-electron chi connectivity index (χ4n) is 4.22. The number of ether oxygens (including phenoxy) is 1. The third kappa shape index (κ3) is 4.02. The number of imidazole rings is 1. The highest BCUT2D eigenvalue weighted by atomic mass is 19.1. The first-order valence-corrected chi connectivity index (χ1v) is 10.8. The molecule has 0 amide bonds. The van der Waals surface area contributed by atoms with Crippen LogP contribution in [0.25, 0.3) is 17.8 Å². The summed E-state index contributed by atoms with van der Waals surface area (Å²) in [5.74, 6) is 2.20. The highest BCUT2D eigenvalue weighted by molar-refractivity contribution is 5.63. The summed E-state index contributed by atoms with van der Waals surface area (Å²) in [5, 5.41) is 4.63. The van der Waals surface area contributed by atoms with Crippen LogP contribution in [0.15, 0.2) is 36.9 Å². The van der Waals surface area contributed by atoms with Crippen LogP contribution in [0, 0.1) is 19.7 Å². The van der Waals surface area contributed by atoms with Crippen LogP contribution in [0.3, 0.4) is 0 Å². The quantitative estimate of drug-likeness (QED) is 0.460. The van der Waals surface area contributed by atoms with Crippen LogP contribution in [-0.2, 0) is 6.54 Å². The summed E-state index contributed by atoms with van der Waals surface area (Å²) in [6.07, 6.45) is 10.7. The first-order chi connectivity index (χ1) is 16.0. The van der Waals surface area contributed by atoms with Crippen molar-refractivity contribution in [3.63, 3.8) is 0 Å². The Balaban J connectivity index is 1.42. The van der Waals surface area contributed by atoms with Crippen molar-refractivity contribution in [2.24, 2.45) is 0 Å². The van der Waals surface area contributed by atoms with Gasteiger partial charge in [-0.05, 0) is 56.0 Å². The molecule has 1 unspecified atom stereocenters. The molecule has 4 aromatic rings. The minimum absolute atomic E-state index is 0.0263. The molecule has 0 spiro atoms. The van der Waals surface area contributed by atoms with E-state index >= 15 is 0 Å². The van der Waals surface area contributed by atoms with Gasteiger partial charge in [0.05, 0.1) is 25.3 Å². The molecule has 0 fully saturated rings. The molecule has 1 aliphatic heterocycles. The van der Waals surface area contributed by atoms with Gasteiger partial charge in [-0.1, -0.05) is 12.1 Å². The molecule has 33 heavy (non-hydrogen) atoms. The molecule has 3 aromatic heterocycles. The van der Waals surface area contributed by atoms with Gasteiger partial charge in [-0.25, -0.2) is 24.0 Å². The Bertz CT molecular complexity index is 1340. The summed E-state index contributed by atoms with van der Waals surface area (Å²) in [4.78, 5) is 17.9. The number of hydrogen-bond acceptors (Lipinski definition) is 6. The number of aryl methyl sites for hydroxylation is 2. The second kappa shape index (κ2) is 8.57. The molecule has 0 bridgehead atoms. The van der Waals surface area contributed by atoms with Crippen LogP contribution in [0.4, 0.5) is 4.39 Å². The molecule has 8 nitrogen and oxygen atoms in total. The zero-order valence-electron chi connectivity index (χ0n) is 18.7. The summed E-state index contributed by atoms with van der Waals surface area (Å²) in [6.45, 7) is 4.53. The largest absolute Gasteiger partial charge is 0.479 e. The Kier molecular flexibility index (Phi) is 5.45. The number of rotatable bonds is 5. The second-order valence-corrected chi connectivity index (χ2v) is 8.08. The predicted molar refractivity (Wildman–Crippen MR) is 122 cm³/mol. The SMILES string of the molecule is COc1nc(/C=C/c2nc3n(n2)CCCC3c2cccc(F)c2C)ncc1-n1cnc(C)c1. The molecule has 0 saturated carbocycles. The van der Waals surface area contributed by atoms with Crippen LogP contribution in [0.5, 0.6) is 5.88 Å². The Morgan fingerprint density at radius 2 is 1.97 bits per heavy atom. The van der Waals surface area contributed by atoms with Gasteiger partial charge in [-0.2, -0.15) is 10.1 Å². The lowest BCUT2D eigenvalue weighted by molar-refractivity contribution is 0.394. The van der Waals surface area contributed by atoms with Gasteiger partial charge in [-0.15, -0.1) is 0 Å². The van der Waals surface area contributed by atoms with Gasteiger partial charge < -0.3 is 4.74 Å². The Labute approximate surface area is 190 Å². The van der Waals surface area contributed by atoms with Gasteiger partial charge in [0.2, 0.25) is 5.88 Å². The van der Waals surface area contributed by atoms with E-state index in [0.29, 0.717) is 28.8 Å². The molecule has 0 saturated heterocycles. The maximum Gasteiger partial charge on any atom is 0.241 e. The van der Waals surface area contributed by atoms with Gasteiger partial charge in [0.25, 0.3) is 0 Å². The van der Waals surface area contributed by atoms with Crippen molar-refractivity contribution < 1.29 is 9.13 Å². The zero-order chi connectivity index (χ0) is 22.9. The van der Waals surface area contributed by atoms with Crippen LogP contribution in [0.1, 0.15) is 53.1 Å². The zero-order valence-corrected chi connectivity index (χ0v) is 18.7. The summed E-state index contributed by atoms with van der Waals surface area (Å²) < 4.78 is 23.3. The molecule has 0 aliphatic carbocycles. The van der Waals surface area contributed by atoms with E-state index < -0.39 is 0 Å². The number of methoxy groups -OCH3 is 1. The summed E-state index contributed by atoms with van der Waals surface area (Å²) in [6, 6.07) is 5.23. The molecular weight excluding hydrogens is 421 g/mol. The number of fused-ring (bicyclic) bond motifs is 1. The lowest BCUT2D eigenvalue weighted by Gasteiger charge is -2.23. The molecule has 1 atom stereocenters. The number of hydrogen-bond donors (Lipinski definition) is 0. The van der Waals surface area contributed by atoms with Crippen LogP contribution < -0.4 is 4.74 Å². The number of aromatic nitrogens is 7. The lowest BCUT2D eigenvalue weighted by Crippen LogP contribution is -2.18. The molecular formula is C24H24FN7O. The van der Waals surface area contributed by atoms with Gasteiger partial charge >= 0.3 is 0 Å². The van der Waals surface area contributed by atoms with Gasteiger partial charge in [0.1, 0.15) is 17.3 Å². The van der Waals surface area contributed by atoms with Crippen molar-refractivity contribution in [2.45, 2.75) is 39.2 Å².